The molecule has 1 atom stereocenters. The van der Waals surface area contributed by atoms with Gasteiger partial charge < -0.3 is 10.4 Å². The van der Waals surface area contributed by atoms with Crippen molar-refractivity contribution in [3.8, 4) is 0 Å². The molecule has 0 amide bonds. The Balaban J connectivity index is 1.88. The maximum absolute atomic E-state index is 13.6. The predicted molar refractivity (Wildman–Crippen MR) is 115 cm³/mol. The number of halogens is 6. The van der Waals surface area contributed by atoms with E-state index in [1.165, 1.54) is 12.2 Å². The van der Waals surface area contributed by atoms with Crippen LogP contribution < -0.4 is 5.32 Å². The fourth-order valence-electron chi connectivity index (χ4n) is 3.27. The van der Waals surface area contributed by atoms with E-state index in [0.717, 1.165) is 22.9 Å². The summed E-state index contributed by atoms with van der Waals surface area (Å²) in [6.45, 7) is -0.172. The molecule has 0 aliphatic rings. The first-order valence-electron chi connectivity index (χ1n) is 9.34. The number of rotatable bonds is 5. The van der Waals surface area contributed by atoms with Crippen LogP contribution in [-0.4, -0.2) is 16.3 Å². The number of fused-ring (bicyclic) bond motifs is 1. The second kappa shape index (κ2) is 9.30. The van der Waals surface area contributed by atoms with E-state index >= 15 is 0 Å². The summed E-state index contributed by atoms with van der Waals surface area (Å²) >= 11 is 5.02. The minimum Gasteiger partial charge on any atom is -0.392 e. The van der Waals surface area contributed by atoms with Crippen molar-refractivity contribution in [3.63, 3.8) is 0 Å². The molecule has 3 aromatic rings. The van der Waals surface area contributed by atoms with Crippen LogP contribution in [0.3, 0.4) is 0 Å². The number of thiocarbonyl (C=S) groups is 1. The smallest absolute Gasteiger partial charge is 0.392 e. The minimum atomic E-state index is -4.88. The number of aliphatic hydroxyl groups excluding tert-OH is 1. The third-order valence-corrected chi connectivity index (χ3v) is 5.05. The number of benzene rings is 3. The molecule has 0 bridgehead atoms. The Morgan fingerprint density at radius 2 is 1.62 bits per heavy atom. The van der Waals surface area contributed by atoms with E-state index in [-0.39, 0.29) is 11.6 Å². The second-order valence-corrected chi connectivity index (χ2v) is 7.40. The van der Waals surface area contributed by atoms with E-state index in [4.69, 9.17) is 12.2 Å². The molecule has 168 valence electrons. The van der Waals surface area contributed by atoms with Gasteiger partial charge in [-0.05, 0) is 45.7 Å². The average molecular weight is 469 g/mol. The fourth-order valence-corrected chi connectivity index (χ4v) is 3.46. The van der Waals surface area contributed by atoms with Crippen molar-refractivity contribution < 1.29 is 31.4 Å². The van der Waals surface area contributed by atoms with Crippen molar-refractivity contribution in [2.24, 2.45) is 0 Å². The Hall–Kier alpha value is -2.91. The standard InChI is InChI=1S/C23H17F6NOS/c24-22(25,26)17-5-3-4-15(12-17)21(23(27,28)29)30-20(32)11-10-14-8-9-16(13-31)19-7-2-1-6-18(14)19/h1-12,21,31H,13H2,(H,30,32)/b11-10+. The van der Waals surface area contributed by atoms with Gasteiger partial charge in [0.15, 0.2) is 0 Å². The molecule has 2 nitrogen and oxygen atoms in total. The van der Waals surface area contributed by atoms with Crippen molar-refractivity contribution in [2.75, 3.05) is 0 Å². The average Bonchev–Trinajstić information content (AvgIpc) is 2.74. The highest BCUT2D eigenvalue weighted by Gasteiger charge is 2.42. The third kappa shape index (κ3) is 5.46. The number of aliphatic hydroxyl groups is 1. The van der Waals surface area contributed by atoms with Gasteiger partial charge in [0.05, 0.1) is 17.2 Å². The highest BCUT2D eigenvalue weighted by atomic mass is 32.1. The Morgan fingerprint density at radius 1 is 0.938 bits per heavy atom. The molecule has 3 aromatic carbocycles. The van der Waals surface area contributed by atoms with Crippen LogP contribution in [0.25, 0.3) is 16.8 Å². The van der Waals surface area contributed by atoms with Crippen molar-refractivity contribution in [1.82, 2.24) is 5.32 Å². The van der Waals surface area contributed by atoms with Crippen LogP contribution in [-0.2, 0) is 12.8 Å². The van der Waals surface area contributed by atoms with E-state index in [1.54, 1.807) is 30.3 Å². The number of hydrogen-bond donors (Lipinski definition) is 2. The van der Waals surface area contributed by atoms with E-state index in [2.05, 4.69) is 5.32 Å². The van der Waals surface area contributed by atoms with E-state index in [0.29, 0.717) is 23.3 Å². The highest BCUT2D eigenvalue weighted by molar-refractivity contribution is 7.80. The lowest BCUT2D eigenvalue weighted by Gasteiger charge is -2.23. The largest absolute Gasteiger partial charge is 0.416 e. The molecule has 0 aromatic heterocycles. The van der Waals surface area contributed by atoms with Crippen LogP contribution >= 0.6 is 12.2 Å². The highest BCUT2D eigenvalue weighted by Crippen LogP contribution is 2.36. The summed E-state index contributed by atoms with van der Waals surface area (Å²) in [7, 11) is 0. The normalized spacial score (nSPS) is 13.5. The summed E-state index contributed by atoms with van der Waals surface area (Å²) in [5.41, 5.74) is -0.423. The zero-order valence-corrected chi connectivity index (χ0v) is 17.2. The molecule has 0 saturated carbocycles. The maximum atomic E-state index is 13.6. The molecule has 0 radical (unpaired) electrons. The first-order chi connectivity index (χ1) is 15.0. The summed E-state index contributed by atoms with van der Waals surface area (Å²) in [6.07, 6.45) is -6.88. The van der Waals surface area contributed by atoms with Crippen molar-refractivity contribution in [3.05, 3.63) is 89.0 Å². The van der Waals surface area contributed by atoms with Crippen LogP contribution in [0.15, 0.2) is 66.7 Å². The monoisotopic (exact) mass is 469 g/mol. The number of nitrogens with one attached hydrogen (secondary N) is 1. The molecule has 32 heavy (non-hydrogen) atoms. The molecule has 2 N–H and O–H groups in total. The third-order valence-electron chi connectivity index (χ3n) is 4.79. The lowest BCUT2D eigenvalue weighted by molar-refractivity contribution is -0.154. The van der Waals surface area contributed by atoms with Gasteiger partial charge in [0.2, 0.25) is 0 Å². The first-order valence-corrected chi connectivity index (χ1v) is 9.75. The predicted octanol–water partition coefficient (Wildman–Crippen LogP) is 6.58. The molecule has 0 aliphatic carbocycles. The van der Waals surface area contributed by atoms with Crippen molar-refractivity contribution >= 4 is 34.1 Å². The second-order valence-electron chi connectivity index (χ2n) is 6.96. The minimum absolute atomic E-state index is 0.172. The lowest BCUT2D eigenvalue weighted by atomic mass is 9.99. The summed E-state index contributed by atoms with van der Waals surface area (Å²) in [5.74, 6) is 0. The van der Waals surface area contributed by atoms with E-state index in [1.807, 2.05) is 6.07 Å². The molecule has 0 spiro atoms. The van der Waals surface area contributed by atoms with Crippen LogP contribution in [0.1, 0.15) is 28.3 Å². The van der Waals surface area contributed by atoms with Gasteiger partial charge in [0, 0.05) is 0 Å². The zero-order chi connectivity index (χ0) is 23.5. The van der Waals surface area contributed by atoms with Gasteiger partial charge in [0.1, 0.15) is 6.04 Å². The van der Waals surface area contributed by atoms with Crippen molar-refractivity contribution in [2.45, 2.75) is 25.0 Å². The number of alkyl halides is 6. The Bertz CT molecular complexity index is 1150. The molecule has 0 aliphatic heterocycles. The van der Waals surface area contributed by atoms with Gasteiger partial charge in [-0.1, -0.05) is 66.8 Å². The summed E-state index contributed by atoms with van der Waals surface area (Å²) in [4.78, 5) is -0.292. The summed E-state index contributed by atoms with van der Waals surface area (Å²) in [6, 6.07) is 11.2. The molecular weight excluding hydrogens is 452 g/mol. The first kappa shape index (κ1) is 23.7. The molecule has 3 rings (SSSR count). The Morgan fingerprint density at radius 3 is 2.25 bits per heavy atom. The van der Waals surface area contributed by atoms with Crippen molar-refractivity contribution in [1.29, 1.82) is 0 Å². The maximum Gasteiger partial charge on any atom is 0.416 e. The van der Waals surface area contributed by atoms with Gasteiger partial charge >= 0.3 is 12.4 Å². The molecule has 1 unspecified atom stereocenters. The molecule has 0 saturated heterocycles. The van der Waals surface area contributed by atoms with Gasteiger partial charge in [0.25, 0.3) is 0 Å². The van der Waals surface area contributed by atoms with Crippen LogP contribution in [0.4, 0.5) is 26.3 Å². The zero-order valence-electron chi connectivity index (χ0n) is 16.3. The fraction of sp³-hybridized carbons (Fsp3) is 0.174. The SMILES string of the molecule is OCc1ccc(/C=C/C(=S)NC(c2cccc(C(F)(F)F)c2)C(F)(F)F)c2ccccc12. The van der Waals surface area contributed by atoms with E-state index in [9.17, 15) is 31.4 Å². The van der Waals surface area contributed by atoms with Crippen LogP contribution in [0.2, 0.25) is 0 Å². The van der Waals surface area contributed by atoms with Crippen LogP contribution in [0, 0.1) is 0 Å². The van der Waals surface area contributed by atoms with Gasteiger partial charge in [-0.3, -0.25) is 0 Å². The molecule has 0 fully saturated rings. The topological polar surface area (TPSA) is 32.3 Å². The summed E-state index contributed by atoms with van der Waals surface area (Å²) < 4.78 is 79.6. The molecule has 9 heteroatoms. The van der Waals surface area contributed by atoms with Crippen LogP contribution in [0.5, 0.6) is 0 Å². The summed E-state index contributed by atoms with van der Waals surface area (Å²) in [5, 5.41) is 13.1. The Labute approximate surface area is 185 Å². The lowest BCUT2D eigenvalue weighted by Crippen LogP contribution is -2.36. The number of hydrogen-bond acceptors (Lipinski definition) is 2. The van der Waals surface area contributed by atoms with Gasteiger partial charge in [-0.2, -0.15) is 26.3 Å². The molecular formula is C23H17F6NOS. The van der Waals surface area contributed by atoms with Gasteiger partial charge in [-0.25, -0.2) is 0 Å². The molecule has 0 heterocycles. The van der Waals surface area contributed by atoms with E-state index < -0.39 is 29.5 Å². The Kier molecular flexibility index (Phi) is 6.90. The quantitative estimate of drug-likeness (QED) is 0.251. The van der Waals surface area contributed by atoms with Gasteiger partial charge in [-0.15, -0.1) is 0 Å².